The summed E-state index contributed by atoms with van der Waals surface area (Å²) in [7, 11) is 0. The average molecular weight is 414 g/mol. The summed E-state index contributed by atoms with van der Waals surface area (Å²) >= 11 is 2.67. The third-order valence-electron chi connectivity index (χ3n) is 3.89. The van der Waals surface area contributed by atoms with Crippen LogP contribution in [-0.2, 0) is 16.1 Å². The summed E-state index contributed by atoms with van der Waals surface area (Å²) < 4.78 is 10.4. The number of anilines is 1. The number of ether oxygens (including phenoxy) is 2. The molecular weight excluding hydrogens is 400 g/mol. The van der Waals surface area contributed by atoms with Crippen LogP contribution >= 0.6 is 22.7 Å². The fourth-order valence-electron chi connectivity index (χ4n) is 2.53. The lowest BCUT2D eigenvalue weighted by Gasteiger charge is -2.06. The molecule has 0 unspecified atom stereocenters. The average Bonchev–Trinajstić information content (AvgIpc) is 3.46. The topological polar surface area (TPSA) is 93.7 Å². The second-order valence-corrected chi connectivity index (χ2v) is 7.89. The van der Waals surface area contributed by atoms with E-state index >= 15 is 0 Å². The maximum atomic E-state index is 12.3. The summed E-state index contributed by atoms with van der Waals surface area (Å²) in [5.74, 6) is -0.492. The fourth-order valence-corrected chi connectivity index (χ4v) is 4.18. The summed E-state index contributed by atoms with van der Waals surface area (Å²) in [6.07, 6.45) is 0. The number of thiophene rings is 2. The Labute approximate surface area is 167 Å². The largest absolute Gasteiger partial charge is 0.454 e. The summed E-state index contributed by atoms with van der Waals surface area (Å²) in [6.45, 7) is 0.292. The van der Waals surface area contributed by atoms with Gasteiger partial charge in [0.2, 0.25) is 12.6 Å². The molecule has 0 saturated heterocycles. The van der Waals surface area contributed by atoms with Gasteiger partial charge in [0.1, 0.15) is 0 Å². The monoisotopic (exact) mass is 414 g/mol. The SMILES string of the molecule is O=C(NCc1ccc(C(=O)c2cccs2)s1)C(=O)Nc1ccc2c(c1)OCO2. The Hall–Kier alpha value is -3.17. The van der Waals surface area contributed by atoms with E-state index in [0.717, 1.165) is 4.88 Å². The number of carbonyl (C=O) groups excluding carboxylic acids is 3. The van der Waals surface area contributed by atoms with Crippen LogP contribution in [0, 0.1) is 0 Å². The van der Waals surface area contributed by atoms with E-state index in [0.29, 0.717) is 26.9 Å². The molecule has 2 amide bonds. The van der Waals surface area contributed by atoms with Crippen LogP contribution in [0.5, 0.6) is 11.5 Å². The molecule has 0 saturated carbocycles. The standard InChI is InChI=1S/C19H14N2O5S2/c22-17(15-2-1-7-27-15)16-6-4-12(28-16)9-20-18(23)19(24)21-11-3-5-13-14(8-11)26-10-25-13/h1-8H,9-10H2,(H,20,23)(H,21,24). The molecular formula is C19H14N2O5S2. The van der Waals surface area contributed by atoms with Crippen molar-refractivity contribution < 1.29 is 23.9 Å². The molecule has 28 heavy (non-hydrogen) atoms. The number of fused-ring (bicyclic) bond motifs is 1. The smallest absolute Gasteiger partial charge is 0.313 e. The normalized spacial score (nSPS) is 11.9. The molecule has 7 nitrogen and oxygen atoms in total. The minimum Gasteiger partial charge on any atom is -0.454 e. The van der Waals surface area contributed by atoms with Gasteiger partial charge in [-0.3, -0.25) is 14.4 Å². The minimum absolute atomic E-state index is 0.0434. The second-order valence-electron chi connectivity index (χ2n) is 5.78. The molecule has 3 aromatic rings. The molecule has 2 aromatic heterocycles. The lowest BCUT2D eigenvalue weighted by atomic mass is 10.2. The van der Waals surface area contributed by atoms with Gasteiger partial charge in [-0.1, -0.05) is 6.07 Å². The minimum atomic E-state index is -0.787. The highest BCUT2D eigenvalue weighted by Crippen LogP contribution is 2.34. The van der Waals surface area contributed by atoms with Gasteiger partial charge in [0, 0.05) is 16.6 Å². The van der Waals surface area contributed by atoms with E-state index in [4.69, 9.17) is 9.47 Å². The Kier molecular flexibility index (Phi) is 5.09. The van der Waals surface area contributed by atoms with E-state index in [1.54, 1.807) is 36.4 Å². The third-order valence-corrected chi connectivity index (χ3v) is 5.84. The number of carbonyl (C=O) groups is 3. The second kappa shape index (κ2) is 7.83. The van der Waals surface area contributed by atoms with Crippen LogP contribution in [0.3, 0.4) is 0 Å². The van der Waals surface area contributed by atoms with Crippen LogP contribution in [0.4, 0.5) is 5.69 Å². The highest BCUT2D eigenvalue weighted by atomic mass is 32.1. The number of ketones is 1. The van der Waals surface area contributed by atoms with Crippen molar-refractivity contribution in [3.63, 3.8) is 0 Å². The van der Waals surface area contributed by atoms with Crippen LogP contribution in [-0.4, -0.2) is 24.4 Å². The molecule has 9 heteroatoms. The zero-order valence-corrected chi connectivity index (χ0v) is 16.0. The Bertz CT molecular complexity index is 1040. The summed E-state index contributed by atoms with van der Waals surface area (Å²) in [5.41, 5.74) is 0.435. The number of benzene rings is 1. The van der Waals surface area contributed by atoms with Crippen LogP contribution in [0.1, 0.15) is 19.4 Å². The molecule has 2 N–H and O–H groups in total. The molecule has 0 aliphatic carbocycles. The van der Waals surface area contributed by atoms with Gasteiger partial charge in [0.25, 0.3) is 0 Å². The van der Waals surface area contributed by atoms with Crippen LogP contribution in [0.2, 0.25) is 0 Å². The molecule has 0 fully saturated rings. The maximum absolute atomic E-state index is 12.3. The first-order valence-electron chi connectivity index (χ1n) is 8.26. The Balaban J connectivity index is 1.32. The molecule has 0 atom stereocenters. The van der Waals surface area contributed by atoms with E-state index in [2.05, 4.69) is 10.6 Å². The van der Waals surface area contributed by atoms with Crippen LogP contribution in [0.15, 0.2) is 47.8 Å². The molecule has 4 rings (SSSR count). The Morgan fingerprint density at radius 3 is 2.64 bits per heavy atom. The molecule has 1 aliphatic rings. The lowest BCUT2D eigenvalue weighted by Crippen LogP contribution is -2.34. The molecule has 142 valence electrons. The first kappa shape index (κ1) is 18.2. The van der Waals surface area contributed by atoms with E-state index < -0.39 is 11.8 Å². The van der Waals surface area contributed by atoms with Crippen molar-refractivity contribution in [1.82, 2.24) is 5.32 Å². The van der Waals surface area contributed by atoms with Crippen molar-refractivity contribution in [3.8, 4) is 11.5 Å². The zero-order valence-electron chi connectivity index (χ0n) is 14.4. The maximum Gasteiger partial charge on any atom is 0.313 e. The first-order chi connectivity index (χ1) is 13.6. The van der Waals surface area contributed by atoms with Crippen molar-refractivity contribution in [2.75, 3.05) is 12.1 Å². The predicted octanol–water partition coefficient (Wildman–Crippen LogP) is 3.02. The summed E-state index contributed by atoms with van der Waals surface area (Å²) in [4.78, 5) is 38.4. The predicted molar refractivity (Wildman–Crippen MR) is 105 cm³/mol. The summed E-state index contributed by atoms with van der Waals surface area (Å²) in [5, 5.41) is 6.91. The van der Waals surface area contributed by atoms with Crippen LogP contribution < -0.4 is 20.1 Å². The number of nitrogens with one attached hydrogen (secondary N) is 2. The molecule has 0 radical (unpaired) electrons. The molecule has 0 spiro atoms. The Morgan fingerprint density at radius 2 is 1.82 bits per heavy atom. The fraction of sp³-hybridized carbons (Fsp3) is 0.105. The summed E-state index contributed by atoms with van der Waals surface area (Å²) in [6, 6.07) is 12.0. The number of amides is 2. The van der Waals surface area contributed by atoms with Crippen molar-refractivity contribution in [1.29, 1.82) is 0 Å². The van der Waals surface area contributed by atoms with Gasteiger partial charge in [0.15, 0.2) is 11.5 Å². The third kappa shape index (κ3) is 3.90. The van der Waals surface area contributed by atoms with Gasteiger partial charge in [-0.05, 0) is 35.7 Å². The van der Waals surface area contributed by atoms with Crippen molar-refractivity contribution in [2.24, 2.45) is 0 Å². The Morgan fingerprint density at radius 1 is 0.964 bits per heavy atom. The van der Waals surface area contributed by atoms with E-state index in [9.17, 15) is 14.4 Å². The number of hydrogen-bond acceptors (Lipinski definition) is 7. The van der Waals surface area contributed by atoms with Crippen LogP contribution in [0.25, 0.3) is 0 Å². The molecule has 3 heterocycles. The number of rotatable bonds is 5. The van der Waals surface area contributed by atoms with Crippen molar-refractivity contribution >= 4 is 46.0 Å². The van der Waals surface area contributed by atoms with Crippen molar-refractivity contribution in [3.05, 3.63) is 62.5 Å². The molecule has 0 bridgehead atoms. The highest BCUT2D eigenvalue weighted by Gasteiger charge is 2.18. The molecule has 1 aliphatic heterocycles. The van der Waals surface area contributed by atoms with E-state index in [1.807, 2.05) is 11.4 Å². The molecule has 1 aromatic carbocycles. The van der Waals surface area contributed by atoms with E-state index in [-0.39, 0.29) is 19.1 Å². The zero-order chi connectivity index (χ0) is 19.5. The first-order valence-corrected chi connectivity index (χ1v) is 9.95. The van der Waals surface area contributed by atoms with Gasteiger partial charge in [-0.2, -0.15) is 0 Å². The lowest BCUT2D eigenvalue weighted by molar-refractivity contribution is -0.136. The van der Waals surface area contributed by atoms with Gasteiger partial charge in [-0.25, -0.2) is 0 Å². The highest BCUT2D eigenvalue weighted by molar-refractivity contribution is 7.16. The van der Waals surface area contributed by atoms with Gasteiger partial charge in [-0.15, -0.1) is 22.7 Å². The number of hydrogen-bond donors (Lipinski definition) is 2. The van der Waals surface area contributed by atoms with Gasteiger partial charge in [0.05, 0.1) is 16.3 Å². The quantitative estimate of drug-likeness (QED) is 0.494. The van der Waals surface area contributed by atoms with Gasteiger partial charge >= 0.3 is 11.8 Å². The van der Waals surface area contributed by atoms with Gasteiger partial charge < -0.3 is 20.1 Å². The van der Waals surface area contributed by atoms with Crippen molar-refractivity contribution in [2.45, 2.75) is 6.54 Å². The van der Waals surface area contributed by atoms with E-state index in [1.165, 1.54) is 22.7 Å².